The van der Waals surface area contributed by atoms with Gasteiger partial charge in [0.05, 0.1) is 7.05 Å². The minimum absolute atomic E-state index is 1.04. The van der Waals surface area contributed by atoms with Gasteiger partial charge in [-0.1, -0.05) is 0 Å². The largest absolute Gasteiger partial charge is 0.455 e. The average Bonchev–Trinajstić information content (AvgIpc) is 3.51. The first-order chi connectivity index (χ1) is 19.1. The van der Waals surface area contributed by atoms with Crippen LogP contribution < -0.4 is 4.57 Å². The lowest BCUT2D eigenvalue weighted by molar-refractivity contribution is -0.672. The fourth-order valence-corrected chi connectivity index (χ4v) is 7.55. The van der Waals surface area contributed by atoms with Crippen molar-refractivity contribution >= 4 is 43.7 Å². The van der Waals surface area contributed by atoms with Crippen LogP contribution in [-0.4, -0.2) is 4.57 Å². The Morgan fingerprint density at radius 3 is 1.41 bits per heavy atom. The molecular formula is C38H45N2O+. The van der Waals surface area contributed by atoms with E-state index in [0.717, 1.165) is 11.2 Å². The molecule has 3 heteroatoms. The third-order valence-electron chi connectivity index (χ3n) is 11.4. The second kappa shape index (κ2) is 8.71. The second-order valence-electron chi connectivity index (χ2n) is 12.9. The summed E-state index contributed by atoms with van der Waals surface area (Å²) in [5, 5.41) is 5.25. The zero-order chi connectivity index (χ0) is 30.1. The van der Waals surface area contributed by atoms with Crippen LogP contribution >= 0.6 is 0 Å². The van der Waals surface area contributed by atoms with Gasteiger partial charge >= 0.3 is 0 Å². The van der Waals surface area contributed by atoms with E-state index < -0.39 is 0 Å². The summed E-state index contributed by atoms with van der Waals surface area (Å²) in [7, 11) is 2.23. The summed E-state index contributed by atoms with van der Waals surface area (Å²) in [6.45, 7) is 31.8. The molecule has 0 aliphatic rings. The molecule has 0 amide bonds. The lowest BCUT2D eigenvalue weighted by Crippen LogP contribution is -2.39. The van der Waals surface area contributed by atoms with E-state index in [1.54, 1.807) is 0 Å². The highest BCUT2D eigenvalue weighted by molar-refractivity contribution is 6.30. The molecule has 3 aromatic carbocycles. The van der Waals surface area contributed by atoms with Gasteiger partial charge in [0.25, 0.3) is 5.82 Å². The van der Waals surface area contributed by atoms with E-state index in [-0.39, 0.29) is 0 Å². The highest BCUT2D eigenvalue weighted by atomic mass is 16.3. The third kappa shape index (κ3) is 3.18. The van der Waals surface area contributed by atoms with E-state index >= 15 is 0 Å². The monoisotopic (exact) mass is 545 g/mol. The molecule has 0 bridgehead atoms. The normalized spacial score (nSPS) is 12.3. The smallest absolute Gasteiger partial charge is 0.290 e. The molecule has 0 aliphatic heterocycles. The molecule has 0 N–H and O–H groups in total. The average molecular weight is 546 g/mol. The Bertz CT molecular complexity index is 2150. The van der Waals surface area contributed by atoms with E-state index in [2.05, 4.69) is 113 Å². The summed E-state index contributed by atoms with van der Waals surface area (Å²) >= 11 is 0. The Balaban J connectivity index is 2.09. The maximum atomic E-state index is 6.89. The quantitative estimate of drug-likeness (QED) is 0.188. The van der Waals surface area contributed by atoms with Crippen molar-refractivity contribution in [3.63, 3.8) is 0 Å². The van der Waals surface area contributed by atoms with Crippen LogP contribution in [0.1, 0.15) is 78.0 Å². The van der Waals surface area contributed by atoms with E-state index in [4.69, 9.17) is 4.42 Å². The molecule has 0 unspecified atom stereocenters. The molecule has 0 saturated heterocycles. The number of furan rings is 1. The van der Waals surface area contributed by atoms with Gasteiger partial charge in [0.2, 0.25) is 0 Å². The van der Waals surface area contributed by atoms with Crippen molar-refractivity contribution in [3.05, 3.63) is 78.0 Å². The molecule has 41 heavy (non-hydrogen) atoms. The van der Waals surface area contributed by atoms with Gasteiger partial charge in [-0.15, -0.1) is 0 Å². The Labute approximate surface area is 244 Å². The van der Waals surface area contributed by atoms with Crippen molar-refractivity contribution in [2.24, 2.45) is 7.05 Å². The van der Waals surface area contributed by atoms with Crippen LogP contribution in [0.3, 0.4) is 0 Å². The van der Waals surface area contributed by atoms with Gasteiger partial charge in [-0.05, 0) is 153 Å². The summed E-state index contributed by atoms with van der Waals surface area (Å²) in [4.78, 5) is 0. The number of benzene rings is 3. The predicted molar refractivity (Wildman–Crippen MR) is 176 cm³/mol. The number of rotatable bonds is 1. The lowest BCUT2D eigenvalue weighted by Gasteiger charge is -2.17. The predicted octanol–water partition coefficient (Wildman–Crippen LogP) is 9.83. The standard InChI is InChI=1S/C38H45N2O/c1-16-18(3)24(9)34-30(22(16)7)32-33-31-23(8)17(2)19(4)26(11)36(31)41-37(33)27(12)25(10)35(32)40(34)38-28(13)20(5)21(6)29(14)39(38)15/h1-15H3/q+1. The van der Waals surface area contributed by atoms with Crippen LogP contribution in [0.25, 0.3) is 49.6 Å². The molecule has 0 aliphatic carbocycles. The molecule has 3 heterocycles. The molecule has 6 aromatic rings. The Morgan fingerprint density at radius 1 is 0.390 bits per heavy atom. The first-order valence-electron chi connectivity index (χ1n) is 15.0. The number of hydrogen-bond acceptors (Lipinski definition) is 1. The van der Waals surface area contributed by atoms with Gasteiger partial charge < -0.3 is 4.42 Å². The topological polar surface area (TPSA) is 21.9 Å². The van der Waals surface area contributed by atoms with Crippen molar-refractivity contribution in [2.45, 2.75) is 96.9 Å². The van der Waals surface area contributed by atoms with E-state index in [1.165, 1.54) is 116 Å². The highest BCUT2D eigenvalue weighted by Crippen LogP contribution is 2.49. The second-order valence-corrected chi connectivity index (χ2v) is 12.9. The molecule has 0 spiro atoms. The molecule has 0 atom stereocenters. The van der Waals surface area contributed by atoms with Crippen molar-refractivity contribution in [1.29, 1.82) is 0 Å². The molecule has 0 saturated carbocycles. The molecule has 3 aromatic heterocycles. The first-order valence-corrected chi connectivity index (χ1v) is 15.0. The zero-order valence-corrected chi connectivity index (χ0v) is 27.8. The van der Waals surface area contributed by atoms with Crippen LogP contribution in [0.15, 0.2) is 4.42 Å². The van der Waals surface area contributed by atoms with Gasteiger partial charge in [-0.25, -0.2) is 4.57 Å². The van der Waals surface area contributed by atoms with E-state index in [1.807, 2.05) is 0 Å². The summed E-state index contributed by atoms with van der Waals surface area (Å²) < 4.78 is 11.9. The minimum Gasteiger partial charge on any atom is -0.455 e. The minimum atomic E-state index is 1.04. The van der Waals surface area contributed by atoms with E-state index in [0.29, 0.717) is 0 Å². The van der Waals surface area contributed by atoms with Crippen LogP contribution in [0, 0.1) is 96.9 Å². The number of nitrogens with zero attached hydrogens (tertiary/aromatic N) is 2. The molecule has 0 fully saturated rings. The molecule has 212 valence electrons. The molecule has 0 radical (unpaired) electrons. The highest BCUT2D eigenvalue weighted by Gasteiger charge is 2.34. The third-order valence-corrected chi connectivity index (χ3v) is 11.4. The zero-order valence-electron chi connectivity index (χ0n) is 27.8. The van der Waals surface area contributed by atoms with Crippen LogP contribution in [0.4, 0.5) is 0 Å². The summed E-state index contributed by atoms with van der Waals surface area (Å²) in [6, 6.07) is 0. The Hall–Kier alpha value is -3.59. The molecular weight excluding hydrogens is 500 g/mol. The molecule has 6 rings (SSSR count). The van der Waals surface area contributed by atoms with Crippen molar-refractivity contribution < 1.29 is 8.98 Å². The maximum absolute atomic E-state index is 6.89. The summed E-state index contributed by atoms with van der Waals surface area (Å²) in [5.41, 5.74) is 23.3. The number of hydrogen-bond donors (Lipinski definition) is 0. The van der Waals surface area contributed by atoms with Crippen molar-refractivity contribution in [1.82, 2.24) is 4.57 Å². The Kier molecular flexibility index (Phi) is 5.86. The number of fused-ring (bicyclic) bond motifs is 7. The first kappa shape index (κ1) is 27.6. The van der Waals surface area contributed by atoms with Crippen LogP contribution in [-0.2, 0) is 7.05 Å². The van der Waals surface area contributed by atoms with Crippen molar-refractivity contribution in [3.8, 4) is 5.82 Å². The van der Waals surface area contributed by atoms with Gasteiger partial charge in [-0.2, -0.15) is 4.57 Å². The number of aryl methyl sites for hydroxylation is 6. The lowest BCUT2D eigenvalue weighted by atomic mass is 9.90. The van der Waals surface area contributed by atoms with Gasteiger partial charge in [-0.3, -0.25) is 0 Å². The maximum Gasteiger partial charge on any atom is 0.290 e. The molecule has 3 nitrogen and oxygen atoms in total. The van der Waals surface area contributed by atoms with Crippen LogP contribution in [0.2, 0.25) is 0 Å². The number of aromatic nitrogens is 2. The Morgan fingerprint density at radius 2 is 0.805 bits per heavy atom. The SMILES string of the molecule is Cc1c(C)c(C)[n+](C)c(-n2c3c(C)c(C)c(C)c(C)c3c3c4c(oc5c(C)c(C)c(C)c(C)c54)c(C)c(C)c32)c1C. The summed E-state index contributed by atoms with van der Waals surface area (Å²) in [5.74, 6) is 1.26. The van der Waals surface area contributed by atoms with E-state index in [9.17, 15) is 0 Å². The fraction of sp³-hybridized carbons (Fsp3) is 0.395. The fourth-order valence-electron chi connectivity index (χ4n) is 7.55. The summed E-state index contributed by atoms with van der Waals surface area (Å²) in [6.07, 6.45) is 0. The number of pyridine rings is 1. The van der Waals surface area contributed by atoms with Gasteiger partial charge in [0.15, 0.2) is 0 Å². The van der Waals surface area contributed by atoms with Gasteiger partial charge in [0.1, 0.15) is 27.9 Å². The van der Waals surface area contributed by atoms with Crippen molar-refractivity contribution in [2.75, 3.05) is 0 Å². The van der Waals surface area contributed by atoms with Gasteiger partial charge in [0, 0.05) is 38.2 Å². The van der Waals surface area contributed by atoms with Crippen LogP contribution in [0.5, 0.6) is 0 Å².